The first-order chi connectivity index (χ1) is 10.5. The molecule has 1 aliphatic rings. The topological polar surface area (TPSA) is 50.4 Å². The van der Waals surface area contributed by atoms with Crippen LogP contribution in [0, 0.1) is 5.82 Å². The van der Waals surface area contributed by atoms with Gasteiger partial charge in [-0.25, -0.2) is 9.82 Å². The lowest BCUT2D eigenvalue weighted by atomic mass is 9.90. The lowest BCUT2D eigenvalue weighted by Gasteiger charge is -2.22. The summed E-state index contributed by atoms with van der Waals surface area (Å²) in [6, 6.07) is 11.9. The largest absolute Gasteiger partial charge is 0.454 e. The van der Waals surface area contributed by atoms with Gasteiger partial charge in [-0.1, -0.05) is 28.1 Å². The van der Waals surface area contributed by atoms with Crippen LogP contribution in [0.15, 0.2) is 46.9 Å². The Hall–Kier alpha value is -1.92. The fraction of sp³-hybridized carbons (Fsp3) is 0.188. The number of nitrogens with one attached hydrogen (secondary N) is 2. The van der Waals surface area contributed by atoms with E-state index in [0.29, 0.717) is 16.6 Å². The molecule has 1 atom stereocenters. The minimum absolute atomic E-state index is 0.0419. The summed E-state index contributed by atoms with van der Waals surface area (Å²) < 4.78 is 19.9. The maximum absolute atomic E-state index is 13.8. The van der Waals surface area contributed by atoms with Crippen molar-refractivity contribution in [1.82, 2.24) is 10.9 Å². The van der Waals surface area contributed by atoms with Crippen molar-refractivity contribution in [2.24, 2.45) is 0 Å². The lowest BCUT2D eigenvalue weighted by molar-refractivity contribution is -0.119. The molecule has 1 heterocycles. The molecule has 6 heteroatoms. The summed E-state index contributed by atoms with van der Waals surface area (Å²) in [4.78, 5) is 11.4. The molecule has 1 unspecified atom stereocenters. The van der Waals surface area contributed by atoms with Gasteiger partial charge < -0.3 is 4.74 Å². The van der Waals surface area contributed by atoms with E-state index in [0.717, 1.165) is 5.56 Å². The van der Waals surface area contributed by atoms with Crippen LogP contribution >= 0.6 is 15.9 Å². The average Bonchev–Trinajstić information content (AvgIpc) is 2.83. The number of rotatable bonds is 3. The molecule has 0 radical (unpaired) electrons. The van der Waals surface area contributed by atoms with Crippen LogP contribution in [0.4, 0.5) is 4.39 Å². The molecule has 3 rings (SSSR count). The van der Waals surface area contributed by atoms with Gasteiger partial charge in [0.2, 0.25) is 5.91 Å². The van der Waals surface area contributed by atoms with Gasteiger partial charge in [-0.05, 0) is 42.8 Å². The van der Waals surface area contributed by atoms with E-state index in [2.05, 4.69) is 26.8 Å². The van der Waals surface area contributed by atoms with Crippen LogP contribution < -0.4 is 15.6 Å². The number of carbonyl (C=O) groups excluding carboxylic acids is 1. The zero-order valence-electron chi connectivity index (χ0n) is 11.8. The van der Waals surface area contributed by atoms with E-state index >= 15 is 0 Å². The molecule has 4 nitrogen and oxygen atoms in total. The van der Waals surface area contributed by atoms with Gasteiger partial charge in [-0.15, -0.1) is 0 Å². The van der Waals surface area contributed by atoms with Crippen molar-refractivity contribution in [3.8, 4) is 11.5 Å². The van der Waals surface area contributed by atoms with E-state index in [1.54, 1.807) is 24.3 Å². The second kappa shape index (κ2) is 5.70. The van der Waals surface area contributed by atoms with Gasteiger partial charge in [-0.3, -0.25) is 10.2 Å². The third-order valence-corrected chi connectivity index (χ3v) is 4.10. The Labute approximate surface area is 135 Å². The van der Waals surface area contributed by atoms with Crippen LogP contribution in [-0.2, 0) is 10.3 Å². The highest BCUT2D eigenvalue weighted by Crippen LogP contribution is 2.31. The number of benzene rings is 2. The maximum Gasteiger partial charge on any atom is 0.236 e. The van der Waals surface area contributed by atoms with Crippen molar-refractivity contribution in [3.63, 3.8) is 0 Å². The van der Waals surface area contributed by atoms with E-state index in [1.165, 1.54) is 6.07 Å². The summed E-state index contributed by atoms with van der Waals surface area (Å²) in [5, 5.41) is 0. The van der Waals surface area contributed by atoms with E-state index < -0.39 is 11.4 Å². The molecule has 1 aliphatic heterocycles. The molecular formula is C16H14BrFN2O2. The fourth-order valence-corrected chi connectivity index (χ4v) is 2.70. The molecule has 2 aromatic carbocycles. The Bertz CT molecular complexity index is 721. The number of halogens is 2. The molecule has 22 heavy (non-hydrogen) atoms. The Kier molecular flexibility index (Phi) is 3.88. The SMILES string of the molecule is CC1(c2ccc(Oc3ccc(Br)cc3F)cc2)CC(=O)NN1. The fourth-order valence-electron chi connectivity index (χ4n) is 2.37. The van der Waals surface area contributed by atoms with Gasteiger partial charge in [0.05, 0.1) is 12.0 Å². The van der Waals surface area contributed by atoms with Crippen molar-refractivity contribution in [2.45, 2.75) is 18.9 Å². The van der Waals surface area contributed by atoms with Crippen LogP contribution in [0.25, 0.3) is 0 Å². The number of amides is 1. The maximum atomic E-state index is 13.8. The summed E-state index contributed by atoms with van der Waals surface area (Å²) in [7, 11) is 0. The normalized spacial score (nSPS) is 20.8. The molecule has 0 bridgehead atoms. The van der Waals surface area contributed by atoms with E-state index in [1.807, 2.05) is 19.1 Å². The third-order valence-electron chi connectivity index (χ3n) is 3.61. The summed E-state index contributed by atoms with van der Waals surface area (Å²) in [6.07, 6.45) is 0.370. The van der Waals surface area contributed by atoms with Gasteiger partial charge in [0.15, 0.2) is 11.6 Å². The molecule has 114 valence electrons. The lowest BCUT2D eigenvalue weighted by Crippen LogP contribution is -2.38. The van der Waals surface area contributed by atoms with Crippen LogP contribution in [0.2, 0.25) is 0 Å². The molecule has 2 aromatic rings. The van der Waals surface area contributed by atoms with Crippen LogP contribution in [0.1, 0.15) is 18.9 Å². The predicted octanol–water partition coefficient (Wildman–Crippen LogP) is 3.62. The Morgan fingerprint density at radius 3 is 2.55 bits per heavy atom. The number of hydrazine groups is 1. The van der Waals surface area contributed by atoms with Gasteiger partial charge in [-0.2, -0.15) is 0 Å². The van der Waals surface area contributed by atoms with E-state index in [4.69, 9.17) is 4.74 Å². The Balaban J connectivity index is 1.78. The van der Waals surface area contributed by atoms with Crippen LogP contribution in [0.5, 0.6) is 11.5 Å². The number of hydrogen-bond acceptors (Lipinski definition) is 3. The highest BCUT2D eigenvalue weighted by Gasteiger charge is 2.35. The number of ether oxygens (including phenoxy) is 1. The van der Waals surface area contributed by atoms with Crippen molar-refractivity contribution < 1.29 is 13.9 Å². The highest BCUT2D eigenvalue weighted by molar-refractivity contribution is 9.10. The first-order valence-corrected chi connectivity index (χ1v) is 7.55. The van der Waals surface area contributed by atoms with Crippen molar-refractivity contribution >= 4 is 21.8 Å². The van der Waals surface area contributed by atoms with E-state index in [-0.39, 0.29) is 11.7 Å². The molecule has 2 N–H and O–H groups in total. The highest BCUT2D eigenvalue weighted by atomic mass is 79.9. The number of hydrogen-bond donors (Lipinski definition) is 2. The van der Waals surface area contributed by atoms with Crippen molar-refractivity contribution in [3.05, 3.63) is 58.3 Å². The quantitative estimate of drug-likeness (QED) is 0.874. The van der Waals surface area contributed by atoms with Crippen molar-refractivity contribution in [2.75, 3.05) is 0 Å². The molecule has 0 aromatic heterocycles. The Morgan fingerprint density at radius 2 is 1.95 bits per heavy atom. The van der Waals surface area contributed by atoms with E-state index in [9.17, 15) is 9.18 Å². The zero-order valence-corrected chi connectivity index (χ0v) is 13.4. The molecule has 1 fully saturated rings. The predicted molar refractivity (Wildman–Crippen MR) is 83.9 cm³/mol. The molecule has 1 saturated heterocycles. The van der Waals surface area contributed by atoms with Crippen LogP contribution in [0.3, 0.4) is 0 Å². The minimum Gasteiger partial charge on any atom is -0.454 e. The molecule has 1 amide bonds. The standard InChI is InChI=1S/C16H14BrFN2O2/c1-16(9-15(21)19-20-16)10-2-5-12(6-3-10)22-14-7-4-11(17)8-13(14)18/h2-8,20H,9H2,1H3,(H,19,21). The summed E-state index contributed by atoms with van der Waals surface area (Å²) >= 11 is 3.20. The average molecular weight is 365 g/mol. The summed E-state index contributed by atoms with van der Waals surface area (Å²) in [5.41, 5.74) is 6.09. The molecular weight excluding hydrogens is 351 g/mol. The van der Waals surface area contributed by atoms with Crippen molar-refractivity contribution in [1.29, 1.82) is 0 Å². The second-order valence-corrected chi connectivity index (χ2v) is 6.30. The summed E-state index contributed by atoms with van der Waals surface area (Å²) in [5.74, 6) is 0.223. The monoisotopic (exact) mass is 364 g/mol. The first kappa shape index (κ1) is 15.0. The zero-order chi connectivity index (χ0) is 15.7. The molecule has 0 aliphatic carbocycles. The smallest absolute Gasteiger partial charge is 0.236 e. The molecule has 0 spiro atoms. The van der Waals surface area contributed by atoms with Crippen LogP contribution in [-0.4, -0.2) is 5.91 Å². The second-order valence-electron chi connectivity index (χ2n) is 5.38. The molecule has 0 saturated carbocycles. The summed E-state index contributed by atoms with van der Waals surface area (Å²) in [6.45, 7) is 1.94. The third kappa shape index (κ3) is 2.98. The first-order valence-electron chi connectivity index (χ1n) is 6.76. The van der Waals surface area contributed by atoms with Gasteiger partial charge >= 0.3 is 0 Å². The van der Waals surface area contributed by atoms with Gasteiger partial charge in [0, 0.05) is 4.47 Å². The minimum atomic E-state index is -0.446. The van der Waals surface area contributed by atoms with Gasteiger partial charge in [0.1, 0.15) is 5.75 Å². The Morgan fingerprint density at radius 1 is 1.23 bits per heavy atom. The van der Waals surface area contributed by atoms with Gasteiger partial charge in [0.25, 0.3) is 0 Å². The number of carbonyl (C=O) groups is 1.